The predicted molar refractivity (Wildman–Crippen MR) is 141 cm³/mol. The summed E-state index contributed by atoms with van der Waals surface area (Å²) in [4.78, 5) is 30.6. The number of carbonyl (C=O) groups is 1. The van der Waals surface area contributed by atoms with Gasteiger partial charge in [0.2, 0.25) is 0 Å². The number of carbonyl (C=O) groups excluding carboxylic acids is 1. The third-order valence-electron chi connectivity index (χ3n) is 7.39. The molecule has 0 spiro atoms. The van der Waals surface area contributed by atoms with Crippen molar-refractivity contribution in [2.75, 3.05) is 49.1 Å². The van der Waals surface area contributed by atoms with Crippen molar-refractivity contribution in [1.82, 2.24) is 4.90 Å². The lowest BCUT2D eigenvalue weighted by molar-refractivity contribution is -0.384. The predicted octanol–water partition coefficient (Wildman–Crippen LogP) is 5.42. The number of nitro benzene ring substituents is 1. The van der Waals surface area contributed by atoms with Crippen molar-refractivity contribution >= 4 is 23.0 Å². The topological polar surface area (TPSA) is 83.1 Å². The summed E-state index contributed by atoms with van der Waals surface area (Å²) < 4.78 is 5.94. The van der Waals surface area contributed by atoms with Crippen molar-refractivity contribution in [3.63, 3.8) is 0 Å². The number of hydrogen-bond acceptors (Lipinski definition) is 6. The maximum Gasteiger partial charge on any atom is 0.292 e. The molecule has 0 unspecified atom stereocenters. The average molecular weight is 489 g/mol. The van der Waals surface area contributed by atoms with Crippen LogP contribution in [-0.2, 0) is 0 Å². The van der Waals surface area contributed by atoms with Crippen molar-refractivity contribution in [1.29, 1.82) is 0 Å². The van der Waals surface area contributed by atoms with E-state index in [0.29, 0.717) is 43.4 Å². The van der Waals surface area contributed by atoms with E-state index < -0.39 is 0 Å². The van der Waals surface area contributed by atoms with E-state index >= 15 is 0 Å². The van der Waals surface area contributed by atoms with Gasteiger partial charge in [-0.2, -0.15) is 0 Å². The third kappa shape index (κ3) is 4.80. The van der Waals surface area contributed by atoms with E-state index in [0.717, 1.165) is 37.2 Å². The summed E-state index contributed by atoms with van der Waals surface area (Å²) in [5.74, 6) is 0.929. The second-order valence-corrected chi connectivity index (χ2v) is 9.72. The number of anilines is 2. The molecule has 1 amide bonds. The number of benzene rings is 2. The van der Waals surface area contributed by atoms with Gasteiger partial charge in [0.15, 0.2) is 5.76 Å². The molecule has 2 aromatic carbocycles. The second-order valence-electron chi connectivity index (χ2n) is 9.72. The van der Waals surface area contributed by atoms with Gasteiger partial charge in [-0.05, 0) is 74.6 Å². The summed E-state index contributed by atoms with van der Waals surface area (Å²) in [5.41, 5.74) is 5.18. The molecule has 188 valence electrons. The molecule has 0 bridgehead atoms. The molecular weight excluding hydrogens is 456 g/mol. The number of nitro groups is 1. The number of amides is 1. The number of aryl methyl sites for hydroxylation is 2. The van der Waals surface area contributed by atoms with Crippen LogP contribution in [0, 0.1) is 24.0 Å². The van der Waals surface area contributed by atoms with Crippen LogP contribution in [0.5, 0.6) is 0 Å². The van der Waals surface area contributed by atoms with Crippen molar-refractivity contribution in [2.24, 2.45) is 0 Å². The largest absolute Gasteiger partial charge is 0.451 e. The molecule has 0 atom stereocenters. The highest BCUT2D eigenvalue weighted by Gasteiger charge is 2.27. The van der Waals surface area contributed by atoms with E-state index in [4.69, 9.17) is 4.42 Å². The first kappa shape index (κ1) is 23.9. The van der Waals surface area contributed by atoms with Crippen LogP contribution < -0.4 is 9.80 Å². The molecule has 2 saturated heterocycles. The Labute approximate surface area is 211 Å². The fourth-order valence-electron chi connectivity index (χ4n) is 5.08. The van der Waals surface area contributed by atoms with E-state index in [1.165, 1.54) is 17.5 Å². The van der Waals surface area contributed by atoms with E-state index in [1.54, 1.807) is 12.1 Å². The van der Waals surface area contributed by atoms with Crippen LogP contribution in [0.3, 0.4) is 0 Å². The second kappa shape index (κ2) is 10.0. The van der Waals surface area contributed by atoms with Crippen molar-refractivity contribution in [3.05, 3.63) is 75.5 Å². The highest BCUT2D eigenvalue weighted by molar-refractivity contribution is 5.92. The third-order valence-corrected chi connectivity index (χ3v) is 7.39. The Hall–Kier alpha value is -3.81. The fraction of sp³-hybridized carbons (Fsp3) is 0.393. The average Bonchev–Trinajstić information content (AvgIpc) is 3.40. The highest BCUT2D eigenvalue weighted by atomic mass is 16.6. The van der Waals surface area contributed by atoms with Gasteiger partial charge in [0.05, 0.1) is 4.92 Å². The fourth-order valence-corrected chi connectivity index (χ4v) is 5.08. The van der Waals surface area contributed by atoms with Crippen molar-refractivity contribution in [2.45, 2.75) is 33.1 Å². The van der Waals surface area contributed by atoms with Gasteiger partial charge in [0, 0.05) is 56.6 Å². The van der Waals surface area contributed by atoms with Gasteiger partial charge in [-0.1, -0.05) is 12.1 Å². The van der Waals surface area contributed by atoms with E-state index in [1.807, 2.05) is 29.2 Å². The monoisotopic (exact) mass is 488 g/mol. The van der Waals surface area contributed by atoms with Gasteiger partial charge in [0.1, 0.15) is 11.4 Å². The maximum atomic E-state index is 13.1. The highest BCUT2D eigenvalue weighted by Crippen LogP contribution is 2.34. The van der Waals surface area contributed by atoms with Crippen LogP contribution >= 0.6 is 0 Å². The van der Waals surface area contributed by atoms with Crippen molar-refractivity contribution < 1.29 is 14.1 Å². The summed E-state index contributed by atoms with van der Waals surface area (Å²) in [5, 5.41) is 11.6. The zero-order valence-electron chi connectivity index (χ0n) is 20.9. The molecule has 8 heteroatoms. The summed E-state index contributed by atoms with van der Waals surface area (Å²) in [6.45, 7) is 8.28. The van der Waals surface area contributed by atoms with E-state index in [-0.39, 0.29) is 16.5 Å². The summed E-state index contributed by atoms with van der Waals surface area (Å²) in [6.07, 6.45) is 3.28. The molecule has 0 radical (unpaired) electrons. The molecule has 2 aliphatic heterocycles. The summed E-state index contributed by atoms with van der Waals surface area (Å²) in [7, 11) is 0. The Morgan fingerprint density at radius 2 is 1.58 bits per heavy atom. The quantitative estimate of drug-likeness (QED) is 0.352. The molecule has 36 heavy (non-hydrogen) atoms. The van der Waals surface area contributed by atoms with Gasteiger partial charge >= 0.3 is 0 Å². The number of piperidine rings is 1. The zero-order valence-corrected chi connectivity index (χ0v) is 20.9. The van der Waals surface area contributed by atoms with Gasteiger partial charge < -0.3 is 19.1 Å². The van der Waals surface area contributed by atoms with Crippen LogP contribution in [-0.4, -0.2) is 55.0 Å². The first-order valence-electron chi connectivity index (χ1n) is 12.7. The number of piperazine rings is 1. The molecule has 0 aliphatic carbocycles. The summed E-state index contributed by atoms with van der Waals surface area (Å²) >= 11 is 0. The standard InChI is InChI=1S/C28H32N4O4/c1-20-6-7-22(18-21(20)2)26-10-11-27(36-26)28(33)31-16-14-29(15-17-31)23-8-9-24(32(34)35)25(19-23)30-12-4-3-5-13-30/h6-11,18-19H,3-5,12-17H2,1-2H3. The first-order chi connectivity index (χ1) is 17.4. The molecule has 0 saturated carbocycles. The molecule has 2 fully saturated rings. The van der Waals surface area contributed by atoms with Gasteiger partial charge in [-0.25, -0.2) is 0 Å². The number of nitrogens with zero attached hydrogens (tertiary/aromatic N) is 4. The molecular formula is C28H32N4O4. The minimum atomic E-state index is -0.292. The van der Waals surface area contributed by atoms with Gasteiger partial charge in [-0.3, -0.25) is 14.9 Å². The number of furan rings is 1. The normalized spacial score (nSPS) is 16.3. The minimum Gasteiger partial charge on any atom is -0.451 e. The van der Waals surface area contributed by atoms with Crippen LogP contribution in [0.2, 0.25) is 0 Å². The maximum absolute atomic E-state index is 13.1. The number of hydrogen-bond donors (Lipinski definition) is 0. The van der Waals surface area contributed by atoms with Crippen LogP contribution in [0.15, 0.2) is 52.9 Å². The number of rotatable bonds is 5. The minimum absolute atomic E-state index is 0.109. The lowest BCUT2D eigenvalue weighted by Gasteiger charge is -2.36. The molecule has 2 aliphatic rings. The van der Waals surface area contributed by atoms with Gasteiger partial charge in [-0.15, -0.1) is 0 Å². The van der Waals surface area contributed by atoms with E-state index in [2.05, 4.69) is 35.8 Å². The lowest BCUT2D eigenvalue weighted by Crippen LogP contribution is -2.48. The Kier molecular flexibility index (Phi) is 6.67. The Balaban J connectivity index is 1.26. The SMILES string of the molecule is Cc1ccc(-c2ccc(C(=O)N3CCN(c4ccc([N+](=O)[O-])c(N5CCCCC5)c4)CC3)o2)cc1C. The molecule has 0 N–H and O–H groups in total. The molecule has 5 rings (SSSR count). The Bertz CT molecular complexity index is 1270. The molecule has 8 nitrogen and oxygen atoms in total. The van der Waals surface area contributed by atoms with Crippen LogP contribution in [0.4, 0.5) is 17.1 Å². The van der Waals surface area contributed by atoms with Gasteiger partial charge in [0.25, 0.3) is 11.6 Å². The molecule has 3 heterocycles. The van der Waals surface area contributed by atoms with Crippen LogP contribution in [0.1, 0.15) is 40.9 Å². The summed E-state index contributed by atoms with van der Waals surface area (Å²) in [6, 6.07) is 15.1. The smallest absolute Gasteiger partial charge is 0.292 e. The Morgan fingerprint density at radius 1 is 0.833 bits per heavy atom. The Morgan fingerprint density at radius 3 is 2.28 bits per heavy atom. The van der Waals surface area contributed by atoms with Crippen molar-refractivity contribution in [3.8, 4) is 11.3 Å². The zero-order chi connectivity index (χ0) is 25.2. The molecule has 1 aromatic heterocycles. The van der Waals surface area contributed by atoms with E-state index in [9.17, 15) is 14.9 Å². The van der Waals surface area contributed by atoms with Crippen LogP contribution in [0.25, 0.3) is 11.3 Å². The first-order valence-corrected chi connectivity index (χ1v) is 12.7. The lowest BCUT2D eigenvalue weighted by atomic mass is 10.1. The molecule has 3 aromatic rings.